The molecule has 0 aromatic carbocycles. The van der Waals surface area contributed by atoms with Gasteiger partial charge in [0.15, 0.2) is 0 Å². The third kappa shape index (κ3) is 12.2. The highest BCUT2D eigenvalue weighted by Crippen LogP contribution is 2.27. The van der Waals surface area contributed by atoms with Crippen molar-refractivity contribution < 1.29 is 0 Å². The van der Waals surface area contributed by atoms with Gasteiger partial charge < -0.3 is 5.32 Å². The van der Waals surface area contributed by atoms with Crippen LogP contribution in [0.25, 0.3) is 0 Å². The average Bonchev–Trinajstić information content (AvgIpc) is 2.30. The molecule has 0 aromatic rings. The van der Waals surface area contributed by atoms with Crippen molar-refractivity contribution in [3.8, 4) is 0 Å². The Hall–Kier alpha value is -0.0400. The van der Waals surface area contributed by atoms with Crippen LogP contribution in [0.4, 0.5) is 0 Å². The number of hydrogen-bond acceptors (Lipinski definition) is 1. The third-order valence-corrected chi connectivity index (χ3v) is 3.76. The molecule has 0 bridgehead atoms. The van der Waals surface area contributed by atoms with Crippen molar-refractivity contribution in [3.05, 3.63) is 0 Å². The molecule has 0 aromatic heterocycles. The second-order valence-electron chi connectivity index (χ2n) is 6.24. The molecule has 0 atom stereocenters. The quantitative estimate of drug-likeness (QED) is 0.466. The number of hydrogen-bond donors (Lipinski definition) is 1. The minimum Gasteiger partial charge on any atom is -0.320 e. The minimum absolute atomic E-state index is 0.533. The van der Waals surface area contributed by atoms with Gasteiger partial charge in [0.1, 0.15) is 0 Å². The van der Waals surface area contributed by atoms with Crippen LogP contribution in [0, 0.1) is 5.41 Å². The molecule has 0 radical (unpaired) electrons. The van der Waals surface area contributed by atoms with Gasteiger partial charge in [-0.25, -0.2) is 0 Å². The van der Waals surface area contributed by atoms with E-state index in [9.17, 15) is 0 Å². The van der Waals surface area contributed by atoms with Crippen molar-refractivity contribution >= 4 is 0 Å². The standard InChI is InChI=1S/C16H35N/c1-5-6-7-8-9-10-11-12-13-16(2,3)14-15-17-4/h17H,5-15H2,1-4H3. The Morgan fingerprint density at radius 2 is 1.29 bits per heavy atom. The third-order valence-electron chi connectivity index (χ3n) is 3.76. The fourth-order valence-corrected chi connectivity index (χ4v) is 2.33. The van der Waals surface area contributed by atoms with E-state index in [1.807, 2.05) is 7.05 Å². The molecule has 1 N–H and O–H groups in total. The largest absolute Gasteiger partial charge is 0.320 e. The Labute approximate surface area is 110 Å². The molecule has 0 spiro atoms. The van der Waals surface area contributed by atoms with Gasteiger partial charge in [0, 0.05) is 0 Å². The van der Waals surface area contributed by atoms with Crippen LogP contribution < -0.4 is 5.32 Å². The summed E-state index contributed by atoms with van der Waals surface area (Å²) >= 11 is 0. The molecule has 0 amide bonds. The summed E-state index contributed by atoms with van der Waals surface area (Å²) in [5, 5.41) is 3.25. The maximum absolute atomic E-state index is 3.25. The van der Waals surface area contributed by atoms with E-state index in [0.29, 0.717) is 5.41 Å². The maximum Gasteiger partial charge on any atom is -0.00468 e. The van der Waals surface area contributed by atoms with Crippen LogP contribution in [0.5, 0.6) is 0 Å². The molecular formula is C16H35N. The summed E-state index contributed by atoms with van der Waals surface area (Å²) in [5.41, 5.74) is 0.533. The van der Waals surface area contributed by atoms with Crippen molar-refractivity contribution in [2.45, 2.75) is 85.0 Å². The summed E-state index contributed by atoms with van der Waals surface area (Å²) in [4.78, 5) is 0. The van der Waals surface area contributed by atoms with E-state index < -0.39 is 0 Å². The first kappa shape index (κ1) is 17.0. The zero-order valence-electron chi connectivity index (χ0n) is 12.8. The van der Waals surface area contributed by atoms with Crippen LogP contribution in [0.15, 0.2) is 0 Å². The highest BCUT2D eigenvalue weighted by molar-refractivity contribution is 4.69. The van der Waals surface area contributed by atoms with Crippen molar-refractivity contribution in [1.29, 1.82) is 0 Å². The molecule has 0 rings (SSSR count). The summed E-state index contributed by atoms with van der Waals surface area (Å²) in [6.07, 6.45) is 14.2. The van der Waals surface area contributed by atoms with Crippen molar-refractivity contribution in [2.24, 2.45) is 5.41 Å². The Balaban J connectivity index is 3.26. The van der Waals surface area contributed by atoms with Gasteiger partial charge in [0.2, 0.25) is 0 Å². The lowest BCUT2D eigenvalue weighted by Gasteiger charge is -2.24. The van der Waals surface area contributed by atoms with Gasteiger partial charge in [-0.05, 0) is 31.8 Å². The van der Waals surface area contributed by atoms with Gasteiger partial charge in [0.05, 0.1) is 0 Å². The lowest BCUT2D eigenvalue weighted by atomic mass is 9.83. The van der Waals surface area contributed by atoms with Crippen LogP contribution in [0.2, 0.25) is 0 Å². The SMILES string of the molecule is CCCCCCCCCCC(C)(C)CCNC. The first-order valence-corrected chi connectivity index (χ1v) is 7.77. The van der Waals surface area contributed by atoms with Gasteiger partial charge in [-0.2, -0.15) is 0 Å². The Bertz CT molecular complexity index is 152. The first-order valence-electron chi connectivity index (χ1n) is 7.77. The zero-order valence-corrected chi connectivity index (χ0v) is 12.8. The molecule has 0 fully saturated rings. The molecule has 1 heteroatoms. The summed E-state index contributed by atoms with van der Waals surface area (Å²) in [6, 6.07) is 0. The minimum atomic E-state index is 0.533. The predicted octanol–water partition coefficient (Wildman–Crippen LogP) is 5.15. The van der Waals surface area contributed by atoms with Gasteiger partial charge in [-0.1, -0.05) is 72.1 Å². The number of nitrogens with one attached hydrogen (secondary N) is 1. The molecule has 0 unspecified atom stereocenters. The Morgan fingerprint density at radius 1 is 0.765 bits per heavy atom. The molecule has 1 nitrogen and oxygen atoms in total. The Morgan fingerprint density at radius 3 is 1.82 bits per heavy atom. The topological polar surface area (TPSA) is 12.0 Å². The zero-order chi connectivity index (χ0) is 13.0. The van der Waals surface area contributed by atoms with E-state index in [1.54, 1.807) is 0 Å². The van der Waals surface area contributed by atoms with E-state index in [2.05, 4.69) is 26.1 Å². The van der Waals surface area contributed by atoms with Crippen molar-refractivity contribution in [3.63, 3.8) is 0 Å². The van der Waals surface area contributed by atoms with Gasteiger partial charge in [-0.15, -0.1) is 0 Å². The van der Waals surface area contributed by atoms with E-state index in [0.717, 1.165) is 6.54 Å². The van der Waals surface area contributed by atoms with E-state index in [1.165, 1.54) is 64.2 Å². The van der Waals surface area contributed by atoms with E-state index in [4.69, 9.17) is 0 Å². The molecule has 0 saturated carbocycles. The first-order chi connectivity index (χ1) is 8.12. The molecule has 0 aliphatic carbocycles. The van der Waals surface area contributed by atoms with Crippen molar-refractivity contribution in [2.75, 3.05) is 13.6 Å². The van der Waals surface area contributed by atoms with Gasteiger partial charge in [0.25, 0.3) is 0 Å². The molecule has 17 heavy (non-hydrogen) atoms. The number of unbranched alkanes of at least 4 members (excludes halogenated alkanes) is 7. The van der Waals surface area contributed by atoms with Gasteiger partial charge in [-0.3, -0.25) is 0 Å². The van der Waals surface area contributed by atoms with Crippen LogP contribution >= 0.6 is 0 Å². The summed E-state index contributed by atoms with van der Waals surface area (Å²) in [7, 11) is 2.05. The van der Waals surface area contributed by atoms with Crippen LogP contribution in [0.1, 0.15) is 85.0 Å². The summed E-state index contributed by atoms with van der Waals surface area (Å²) < 4.78 is 0. The smallest absolute Gasteiger partial charge is 0.00468 e. The molecule has 0 aliphatic heterocycles. The molecule has 104 valence electrons. The lowest BCUT2D eigenvalue weighted by molar-refractivity contribution is 0.292. The van der Waals surface area contributed by atoms with Crippen molar-refractivity contribution in [1.82, 2.24) is 5.32 Å². The number of rotatable bonds is 12. The average molecular weight is 241 g/mol. The predicted molar refractivity (Wildman–Crippen MR) is 79.6 cm³/mol. The van der Waals surface area contributed by atoms with E-state index >= 15 is 0 Å². The van der Waals surface area contributed by atoms with E-state index in [-0.39, 0.29) is 0 Å². The molecule has 0 saturated heterocycles. The van der Waals surface area contributed by atoms with Crippen LogP contribution in [-0.2, 0) is 0 Å². The second-order valence-corrected chi connectivity index (χ2v) is 6.24. The highest BCUT2D eigenvalue weighted by Gasteiger charge is 2.15. The maximum atomic E-state index is 3.25. The fraction of sp³-hybridized carbons (Fsp3) is 1.00. The van der Waals surface area contributed by atoms with Gasteiger partial charge >= 0.3 is 0 Å². The monoisotopic (exact) mass is 241 g/mol. The van der Waals surface area contributed by atoms with Crippen LogP contribution in [-0.4, -0.2) is 13.6 Å². The lowest BCUT2D eigenvalue weighted by Crippen LogP contribution is -2.19. The second kappa shape index (κ2) is 11.1. The molecule has 0 aliphatic rings. The molecular weight excluding hydrogens is 206 g/mol. The summed E-state index contributed by atoms with van der Waals surface area (Å²) in [6.45, 7) is 8.26. The normalized spacial score (nSPS) is 12.0. The summed E-state index contributed by atoms with van der Waals surface area (Å²) in [5.74, 6) is 0. The highest BCUT2D eigenvalue weighted by atomic mass is 14.8. The Kier molecular flexibility index (Phi) is 11.0. The molecule has 0 heterocycles. The fourth-order valence-electron chi connectivity index (χ4n) is 2.33. The van der Waals surface area contributed by atoms with Crippen LogP contribution in [0.3, 0.4) is 0 Å².